The quantitative estimate of drug-likeness (QED) is 0.625. The lowest BCUT2D eigenvalue weighted by Crippen LogP contribution is -2.51. The number of carbonyl (C=O) groups excluding carboxylic acids is 2. The molecule has 2 rings (SSSR count). The Bertz CT molecular complexity index is 1080. The fourth-order valence-electron chi connectivity index (χ4n) is 3.37. The number of anilines is 1. The van der Waals surface area contributed by atoms with Crippen molar-refractivity contribution in [3.8, 4) is 0 Å². The monoisotopic (exact) mass is 459 g/mol. The predicted molar refractivity (Wildman–Crippen MR) is 128 cm³/mol. The Morgan fingerprint density at radius 3 is 2.22 bits per heavy atom. The highest BCUT2D eigenvalue weighted by Gasteiger charge is 2.30. The number of likely N-dealkylation sites (N-methyl/N-ethyl adjacent to an activating group) is 1. The van der Waals surface area contributed by atoms with Crippen LogP contribution in [0.1, 0.15) is 36.1 Å². The first kappa shape index (κ1) is 25.4. The maximum Gasteiger partial charge on any atom is 0.244 e. The number of nitrogens with zero attached hydrogens (tertiary/aromatic N) is 2. The molecular formula is C24H33N3O4S. The van der Waals surface area contributed by atoms with E-state index in [1.165, 1.54) is 4.90 Å². The molecule has 0 saturated carbocycles. The molecule has 2 amide bonds. The molecule has 0 bridgehead atoms. The van der Waals surface area contributed by atoms with Crippen molar-refractivity contribution < 1.29 is 18.0 Å². The second kappa shape index (κ2) is 10.6. The lowest BCUT2D eigenvalue weighted by Gasteiger charge is -2.32. The van der Waals surface area contributed by atoms with Crippen molar-refractivity contribution in [3.63, 3.8) is 0 Å². The Morgan fingerprint density at radius 1 is 1.00 bits per heavy atom. The summed E-state index contributed by atoms with van der Waals surface area (Å²) in [6, 6.07) is 12.1. The van der Waals surface area contributed by atoms with Gasteiger partial charge in [0.15, 0.2) is 0 Å². The molecule has 0 spiro atoms. The summed E-state index contributed by atoms with van der Waals surface area (Å²) in [5.41, 5.74) is 4.26. The second-order valence-corrected chi connectivity index (χ2v) is 9.96. The molecule has 0 aliphatic carbocycles. The van der Waals surface area contributed by atoms with Crippen molar-refractivity contribution in [2.45, 2.75) is 47.2 Å². The molecule has 2 aromatic carbocycles. The number of rotatable bonds is 9. The summed E-state index contributed by atoms with van der Waals surface area (Å²) in [5.74, 6) is -0.734. The fraction of sp³-hybridized carbons (Fsp3) is 0.417. The normalized spacial score (nSPS) is 12.2. The van der Waals surface area contributed by atoms with Gasteiger partial charge in [0, 0.05) is 13.1 Å². The standard InChI is InChI=1S/C24H33N3O4S/c1-7-25-24(29)20(5)26(15-21-11-9-8-10-18(21)3)23(28)16-27(32(6,30)31)22-13-12-17(2)19(4)14-22/h8-14,20H,7,15-16H2,1-6H3,(H,25,29)/t20-/m0/s1. The smallest absolute Gasteiger partial charge is 0.244 e. The molecule has 0 radical (unpaired) electrons. The third kappa shape index (κ3) is 6.32. The zero-order valence-electron chi connectivity index (χ0n) is 19.7. The van der Waals surface area contributed by atoms with Crippen LogP contribution in [0.3, 0.4) is 0 Å². The van der Waals surface area contributed by atoms with E-state index in [0.717, 1.165) is 32.8 Å². The minimum absolute atomic E-state index is 0.203. The Morgan fingerprint density at radius 2 is 1.66 bits per heavy atom. The van der Waals surface area contributed by atoms with E-state index in [1.54, 1.807) is 19.1 Å². The van der Waals surface area contributed by atoms with Gasteiger partial charge in [0.1, 0.15) is 12.6 Å². The van der Waals surface area contributed by atoms with Crippen LogP contribution in [0.2, 0.25) is 0 Å². The fourth-order valence-corrected chi connectivity index (χ4v) is 4.21. The third-order valence-corrected chi connectivity index (χ3v) is 6.72. The minimum Gasteiger partial charge on any atom is -0.355 e. The molecule has 0 heterocycles. The van der Waals surface area contributed by atoms with E-state index in [1.807, 2.05) is 58.0 Å². The van der Waals surface area contributed by atoms with E-state index in [0.29, 0.717) is 12.2 Å². The average Bonchev–Trinajstić information content (AvgIpc) is 2.72. The van der Waals surface area contributed by atoms with Crippen molar-refractivity contribution >= 4 is 27.5 Å². The van der Waals surface area contributed by atoms with Crippen LogP contribution in [-0.2, 0) is 26.2 Å². The SMILES string of the molecule is CCNC(=O)[C@H](C)N(Cc1ccccc1C)C(=O)CN(c1ccc(C)c(C)c1)S(C)(=O)=O. The van der Waals surface area contributed by atoms with Crippen LogP contribution in [0.15, 0.2) is 42.5 Å². The van der Waals surface area contributed by atoms with E-state index < -0.39 is 28.5 Å². The molecule has 0 unspecified atom stereocenters. The zero-order valence-corrected chi connectivity index (χ0v) is 20.5. The number of hydrogen-bond donors (Lipinski definition) is 1. The van der Waals surface area contributed by atoms with Crippen molar-refractivity contribution in [2.24, 2.45) is 0 Å². The molecule has 0 fully saturated rings. The first-order chi connectivity index (χ1) is 15.0. The summed E-state index contributed by atoms with van der Waals surface area (Å²) < 4.78 is 26.3. The highest BCUT2D eigenvalue weighted by molar-refractivity contribution is 7.92. The van der Waals surface area contributed by atoms with Crippen LogP contribution in [0, 0.1) is 20.8 Å². The number of amides is 2. The predicted octanol–water partition coefficient (Wildman–Crippen LogP) is 2.93. The van der Waals surface area contributed by atoms with Gasteiger partial charge in [0.2, 0.25) is 21.8 Å². The molecule has 2 aromatic rings. The van der Waals surface area contributed by atoms with Crippen LogP contribution in [0.25, 0.3) is 0 Å². The maximum atomic E-state index is 13.4. The lowest BCUT2D eigenvalue weighted by atomic mass is 10.1. The van der Waals surface area contributed by atoms with Gasteiger partial charge in [0.25, 0.3) is 0 Å². The van der Waals surface area contributed by atoms with E-state index in [9.17, 15) is 18.0 Å². The van der Waals surface area contributed by atoms with Crippen LogP contribution in [0.4, 0.5) is 5.69 Å². The molecular weight excluding hydrogens is 426 g/mol. The minimum atomic E-state index is -3.73. The van der Waals surface area contributed by atoms with Crippen LogP contribution in [0.5, 0.6) is 0 Å². The van der Waals surface area contributed by atoms with E-state index in [-0.39, 0.29) is 12.5 Å². The van der Waals surface area contributed by atoms with E-state index >= 15 is 0 Å². The van der Waals surface area contributed by atoms with Gasteiger partial charge in [-0.05, 0) is 69.0 Å². The van der Waals surface area contributed by atoms with Gasteiger partial charge in [-0.1, -0.05) is 30.3 Å². The molecule has 0 saturated heterocycles. The number of nitrogens with one attached hydrogen (secondary N) is 1. The average molecular weight is 460 g/mol. The van der Waals surface area contributed by atoms with Crippen molar-refractivity contribution in [3.05, 3.63) is 64.7 Å². The van der Waals surface area contributed by atoms with Gasteiger partial charge in [-0.3, -0.25) is 13.9 Å². The summed E-state index contributed by atoms with van der Waals surface area (Å²) in [5, 5.41) is 2.75. The molecule has 0 aliphatic heterocycles. The highest BCUT2D eigenvalue weighted by Crippen LogP contribution is 2.22. The highest BCUT2D eigenvalue weighted by atomic mass is 32.2. The molecule has 1 N–H and O–H groups in total. The van der Waals surface area contributed by atoms with Gasteiger partial charge < -0.3 is 10.2 Å². The zero-order chi connectivity index (χ0) is 24.1. The van der Waals surface area contributed by atoms with Crippen molar-refractivity contribution in [2.75, 3.05) is 23.7 Å². The van der Waals surface area contributed by atoms with Gasteiger partial charge in [0.05, 0.1) is 11.9 Å². The Labute approximate surface area is 191 Å². The largest absolute Gasteiger partial charge is 0.355 e. The second-order valence-electron chi connectivity index (χ2n) is 8.06. The summed E-state index contributed by atoms with van der Waals surface area (Å²) in [6.07, 6.45) is 1.08. The number of hydrogen-bond acceptors (Lipinski definition) is 4. The molecule has 7 nitrogen and oxygen atoms in total. The molecule has 0 aliphatic rings. The number of benzene rings is 2. The Balaban J connectivity index is 2.42. The van der Waals surface area contributed by atoms with Crippen LogP contribution < -0.4 is 9.62 Å². The Kier molecular flexibility index (Phi) is 8.44. The first-order valence-corrected chi connectivity index (χ1v) is 12.5. The summed E-state index contributed by atoms with van der Waals surface area (Å²) in [4.78, 5) is 27.4. The van der Waals surface area contributed by atoms with Gasteiger partial charge >= 0.3 is 0 Å². The van der Waals surface area contributed by atoms with Crippen molar-refractivity contribution in [1.29, 1.82) is 0 Å². The lowest BCUT2D eigenvalue weighted by molar-refractivity contribution is -0.139. The van der Waals surface area contributed by atoms with Crippen LogP contribution >= 0.6 is 0 Å². The maximum absolute atomic E-state index is 13.4. The summed E-state index contributed by atoms with van der Waals surface area (Å²) in [7, 11) is -3.73. The summed E-state index contributed by atoms with van der Waals surface area (Å²) >= 11 is 0. The van der Waals surface area contributed by atoms with Gasteiger partial charge in [-0.15, -0.1) is 0 Å². The first-order valence-electron chi connectivity index (χ1n) is 10.6. The molecule has 32 heavy (non-hydrogen) atoms. The van der Waals surface area contributed by atoms with E-state index in [2.05, 4.69) is 5.32 Å². The number of aryl methyl sites for hydroxylation is 3. The molecule has 0 aromatic heterocycles. The van der Waals surface area contributed by atoms with Crippen LogP contribution in [-0.4, -0.2) is 50.5 Å². The third-order valence-electron chi connectivity index (χ3n) is 5.58. The molecule has 174 valence electrons. The molecule has 1 atom stereocenters. The summed E-state index contributed by atoms with van der Waals surface area (Å²) in [6.45, 7) is 9.48. The van der Waals surface area contributed by atoms with Crippen molar-refractivity contribution in [1.82, 2.24) is 10.2 Å². The molecule has 8 heteroatoms. The Hall–Kier alpha value is -2.87. The van der Waals surface area contributed by atoms with E-state index in [4.69, 9.17) is 0 Å². The topological polar surface area (TPSA) is 86.8 Å². The number of carbonyl (C=O) groups is 2. The number of sulfonamides is 1. The van der Waals surface area contributed by atoms with Gasteiger partial charge in [-0.2, -0.15) is 0 Å². The van der Waals surface area contributed by atoms with Gasteiger partial charge in [-0.25, -0.2) is 8.42 Å².